The predicted octanol–water partition coefficient (Wildman–Crippen LogP) is 3.47. The smallest absolute Gasteiger partial charge is 0.191 e. The van der Waals surface area contributed by atoms with Gasteiger partial charge in [-0.1, -0.05) is 30.3 Å². The number of hydrogen-bond acceptors (Lipinski definition) is 3. The summed E-state index contributed by atoms with van der Waals surface area (Å²) in [6, 6.07) is 10.8. The lowest BCUT2D eigenvalue weighted by Crippen LogP contribution is -2.53. The van der Waals surface area contributed by atoms with E-state index in [4.69, 9.17) is 4.74 Å². The Labute approximate surface area is 175 Å². The van der Waals surface area contributed by atoms with Gasteiger partial charge in [0.1, 0.15) is 0 Å². The monoisotopic (exact) mass is 474 g/mol. The van der Waals surface area contributed by atoms with Gasteiger partial charge in [0, 0.05) is 38.3 Å². The Morgan fingerprint density at radius 1 is 1.27 bits per heavy atom. The average molecular weight is 474 g/mol. The Morgan fingerprint density at radius 3 is 2.54 bits per heavy atom. The summed E-state index contributed by atoms with van der Waals surface area (Å²) in [5.41, 5.74) is 1.15. The number of benzene rings is 1. The Bertz CT molecular complexity index is 556. The van der Waals surface area contributed by atoms with Gasteiger partial charge in [0.05, 0.1) is 5.60 Å². The van der Waals surface area contributed by atoms with Crippen molar-refractivity contribution in [1.29, 1.82) is 0 Å². The maximum absolute atomic E-state index is 5.82. The quantitative estimate of drug-likeness (QED) is 0.322. The van der Waals surface area contributed by atoms with Gasteiger partial charge in [-0.3, -0.25) is 4.99 Å². The molecule has 1 aliphatic heterocycles. The standard InChI is InChI=1S/C20H34N4O.HI/c1-16(17-10-7-6-8-11-17)24-19(2,3)14-22-18(21-5)23-15-20(4)12-9-13-25-20;/h6-8,10-11,16,24H,9,12-15H2,1-5H3,(H2,21,22,23);1H. The third-order valence-corrected chi connectivity index (χ3v) is 4.76. The van der Waals surface area contributed by atoms with Crippen molar-refractivity contribution in [3.05, 3.63) is 35.9 Å². The van der Waals surface area contributed by atoms with E-state index in [1.807, 2.05) is 6.07 Å². The molecule has 2 rings (SSSR count). The molecule has 1 aliphatic rings. The van der Waals surface area contributed by atoms with Gasteiger partial charge in [-0.05, 0) is 46.1 Å². The number of rotatable bonds is 7. The van der Waals surface area contributed by atoms with Crippen molar-refractivity contribution in [2.45, 2.75) is 57.7 Å². The van der Waals surface area contributed by atoms with E-state index in [9.17, 15) is 0 Å². The SMILES string of the molecule is CN=C(NCC(C)(C)NC(C)c1ccccc1)NCC1(C)CCCO1.I. The van der Waals surface area contributed by atoms with Crippen LogP contribution in [0, 0.1) is 0 Å². The molecule has 3 N–H and O–H groups in total. The second-order valence-corrected chi connectivity index (χ2v) is 7.84. The molecule has 0 aromatic heterocycles. The molecule has 0 radical (unpaired) electrons. The summed E-state index contributed by atoms with van der Waals surface area (Å²) in [4.78, 5) is 4.33. The van der Waals surface area contributed by atoms with Crippen LogP contribution in [-0.4, -0.2) is 43.8 Å². The molecule has 1 saturated heterocycles. The molecule has 1 aromatic rings. The van der Waals surface area contributed by atoms with Crippen molar-refractivity contribution in [3.63, 3.8) is 0 Å². The Kier molecular flexibility index (Phi) is 9.33. The van der Waals surface area contributed by atoms with Crippen molar-refractivity contribution in [1.82, 2.24) is 16.0 Å². The number of hydrogen-bond donors (Lipinski definition) is 3. The van der Waals surface area contributed by atoms with Gasteiger partial charge in [0.2, 0.25) is 0 Å². The van der Waals surface area contributed by atoms with Crippen LogP contribution in [0.25, 0.3) is 0 Å². The molecule has 0 bridgehead atoms. The normalized spacial score (nSPS) is 21.8. The van der Waals surface area contributed by atoms with Crippen LogP contribution >= 0.6 is 24.0 Å². The second kappa shape index (κ2) is 10.5. The molecule has 5 nitrogen and oxygen atoms in total. The van der Waals surface area contributed by atoms with Crippen molar-refractivity contribution in [2.24, 2.45) is 4.99 Å². The minimum atomic E-state index is -0.0762. The van der Waals surface area contributed by atoms with Crippen molar-refractivity contribution in [2.75, 3.05) is 26.7 Å². The molecule has 1 fully saturated rings. The fourth-order valence-electron chi connectivity index (χ4n) is 3.23. The average Bonchev–Trinajstić information content (AvgIpc) is 3.02. The highest BCUT2D eigenvalue weighted by Gasteiger charge is 2.30. The summed E-state index contributed by atoms with van der Waals surface area (Å²) in [6.45, 7) is 11.2. The lowest BCUT2D eigenvalue weighted by Gasteiger charge is -2.32. The van der Waals surface area contributed by atoms with E-state index < -0.39 is 0 Å². The largest absolute Gasteiger partial charge is 0.373 e. The van der Waals surface area contributed by atoms with Crippen molar-refractivity contribution < 1.29 is 4.74 Å². The van der Waals surface area contributed by atoms with Crippen LogP contribution in [0.2, 0.25) is 0 Å². The fourth-order valence-corrected chi connectivity index (χ4v) is 3.23. The molecule has 0 amide bonds. The maximum Gasteiger partial charge on any atom is 0.191 e. The van der Waals surface area contributed by atoms with E-state index in [1.165, 1.54) is 5.56 Å². The van der Waals surface area contributed by atoms with Crippen LogP contribution < -0.4 is 16.0 Å². The first-order chi connectivity index (χ1) is 11.8. The fraction of sp³-hybridized carbons (Fsp3) is 0.650. The Morgan fingerprint density at radius 2 is 1.96 bits per heavy atom. The summed E-state index contributed by atoms with van der Waals surface area (Å²) < 4.78 is 5.82. The first-order valence-electron chi connectivity index (χ1n) is 9.25. The molecular weight excluding hydrogens is 439 g/mol. The van der Waals surface area contributed by atoms with Crippen molar-refractivity contribution in [3.8, 4) is 0 Å². The number of nitrogens with zero attached hydrogens (tertiary/aromatic N) is 1. The van der Waals surface area contributed by atoms with Crippen LogP contribution in [0.5, 0.6) is 0 Å². The van der Waals surface area contributed by atoms with Crippen LogP contribution in [-0.2, 0) is 4.74 Å². The van der Waals surface area contributed by atoms with E-state index in [2.05, 4.69) is 72.9 Å². The molecule has 0 aliphatic carbocycles. The third kappa shape index (κ3) is 7.40. The van der Waals surface area contributed by atoms with E-state index in [0.717, 1.165) is 38.5 Å². The van der Waals surface area contributed by atoms with Gasteiger partial charge in [-0.15, -0.1) is 24.0 Å². The topological polar surface area (TPSA) is 57.7 Å². The molecule has 26 heavy (non-hydrogen) atoms. The highest BCUT2D eigenvalue weighted by molar-refractivity contribution is 14.0. The van der Waals surface area contributed by atoms with E-state index in [0.29, 0.717) is 6.04 Å². The number of ether oxygens (including phenoxy) is 1. The lowest BCUT2D eigenvalue weighted by molar-refractivity contribution is 0.0242. The summed E-state index contributed by atoms with van der Waals surface area (Å²) in [6.07, 6.45) is 2.23. The molecular formula is C20H35IN4O. The van der Waals surface area contributed by atoms with Gasteiger partial charge >= 0.3 is 0 Å². The summed E-state index contributed by atoms with van der Waals surface area (Å²) in [5.74, 6) is 0.818. The molecule has 0 spiro atoms. The van der Waals surface area contributed by atoms with E-state index in [-0.39, 0.29) is 35.1 Å². The van der Waals surface area contributed by atoms with Gasteiger partial charge in [-0.2, -0.15) is 0 Å². The van der Waals surface area contributed by atoms with Crippen LogP contribution in [0.4, 0.5) is 0 Å². The highest BCUT2D eigenvalue weighted by Crippen LogP contribution is 2.23. The molecule has 2 unspecified atom stereocenters. The van der Waals surface area contributed by atoms with Crippen LogP contribution in [0.15, 0.2) is 35.3 Å². The Balaban J connectivity index is 0.00000338. The third-order valence-electron chi connectivity index (χ3n) is 4.76. The summed E-state index contributed by atoms with van der Waals surface area (Å²) >= 11 is 0. The van der Waals surface area contributed by atoms with Gasteiger partial charge in [0.15, 0.2) is 5.96 Å². The minimum absolute atomic E-state index is 0. The molecule has 148 valence electrons. The second-order valence-electron chi connectivity index (χ2n) is 7.84. The molecule has 0 saturated carbocycles. The number of aliphatic imine (C=N–C) groups is 1. The molecule has 6 heteroatoms. The number of guanidine groups is 1. The zero-order valence-electron chi connectivity index (χ0n) is 16.8. The van der Waals surface area contributed by atoms with Crippen LogP contribution in [0.1, 0.15) is 52.1 Å². The molecule has 2 atom stereocenters. The Hall–Kier alpha value is -0.860. The molecule has 1 heterocycles. The first kappa shape index (κ1) is 23.2. The highest BCUT2D eigenvalue weighted by atomic mass is 127. The van der Waals surface area contributed by atoms with Gasteiger partial charge < -0.3 is 20.7 Å². The lowest BCUT2D eigenvalue weighted by atomic mass is 10.0. The minimum Gasteiger partial charge on any atom is -0.373 e. The van der Waals surface area contributed by atoms with E-state index in [1.54, 1.807) is 7.05 Å². The van der Waals surface area contributed by atoms with E-state index >= 15 is 0 Å². The van der Waals surface area contributed by atoms with Gasteiger partial charge in [0.25, 0.3) is 0 Å². The number of nitrogens with one attached hydrogen (secondary N) is 3. The predicted molar refractivity (Wildman–Crippen MR) is 120 cm³/mol. The maximum atomic E-state index is 5.82. The summed E-state index contributed by atoms with van der Waals surface area (Å²) in [7, 11) is 1.81. The number of halogens is 1. The zero-order chi connectivity index (χ0) is 18.3. The van der Waals surface area contributed by atoms with Crippen LogP contribution in [0.3, 0.4) is 0 Å². The first-order valence-corrected chi connectivity index (χ1v) is 9.25. The van der Waals surface area contributed by atoms with Crippen molar-refractivity contribution >= 4 is 29.9 Å². The van der Waals surface area contributed by atoms with Gasteiger partial charge in [-0.25, -0.2) is 0 Å². The summed E-state index contributed by atoms with van der Waals surface area (Å²) in [5, 5.41) is 10.5. The zero-order valence-corrected chi connectivity index (χ0v) is 19.1. The molecule has 1 aromatic carbocycles.